The van der Waals surface area contributed by atoms with E-state index in [1.807, 2.05) is 0 Å². The van der Waals surface area contributed by atoms with E-state index >= 15 is 0 Å². The van der Waals surface area contributed by atoms with E-state index in [1.165, 1.54) is 44.9 Å². The molecule has 0 radical (unpaired) electrons. The van der Waals surface area contributed by atoms with Crippen LogP contribution in [-0.2, 0) is 4.74 Å². The number of nitrogens with one attached hydrogen (secondary N) is 1. The van der Waals surface area contributed by atoms with Gasteiger partial charge < -0.3 is 10.1 Å². The van der Waals surface area contributed by atoms with Crippen molar-refractivity contribution in [2.24, 2.45) is 5.92 Å². The summed E-state index contributed by atoms with van der Waals surface area (Å²) in [6.07, 6.45) is 10.3. The van der Waals surface area contributed by atoms with Crippen molar-refractivity contribution in [1.29, 1.82) is 0 Å². The second kappa shape index (κ2) is 8.93. The molecule has 1 unspecified atom stereocenters. The molecule has 1 aliphatic rings. The molecule has 0 heterocycles. The molecule has 2 nitrogen and oxygen atoms in total. The first-order valence-corrected chi connectivity index (χ1v) is 7.59. The first-order chi connectivity index (χ1) is 8.24. The zero-order valence-corrected chi connectivity index (χ0v) is 12.0. The zero-order chi connectivity index (χ0) is 12.5. The summed E-state index contributed by atoms with van der Waals surface area (Å²) in [7, 11) is 0. The molecule has 102 valence electrons. The lowest BCUT2D eigenvalue weighted by Gasteiger charge is -2.30. The number of ether oxygens (including phenoxy) is 1. The Bertz CT molecular complexity index is 174. The van der Waals surface area contributed by atoms with Gasteiger partial charge in [-0.3, -0.25) is 0 Å². The van der Waals surface area contributed by atoms with Gasteiger partial charge in [-0.1, -0.05) is 39.0 Å². The van der Waals surface area contributed by atoms with Gasteiger partial charge in [0.15, 0.2) is 0 Å². The Morgan fingerprint density at radius 3 is 2.18 bits per heavy atom. The molecule has 1 fully saturated rings. The van der Waals surface area contributed by atoms with E-state index in [-0.39, 0.29) is 0 Å². The van der Waals surface area contributed by atoms with Crippen molar-refractivity contribution in [3.63, 3.8) is 0 Å². The monoisotopic (exact) mass is 241 g/mol. The van der Waals surface area contributed by atoms with Crippen LogP contribution in [0.4, 0.5) is 0 Å². The van der Waals surface area contributed by atoms with E-state index in [0.29, 0.717) is 12.1 Å². The smallest absolute Gasteiger partial charge is 0.0625 e. The van der Waals surface area contributed by atoms with Gasteiger partial charge in [0.05, 0.1) is 12.7 Å². The SMILES string of the molecule is CCNC(COC(C)C)C1CCCCCCC1. The predicted molar refractivity (Wildman–Crippen MR) is 74.4 cm³/mol. The van der Waals surface area contributed by atoms with Crippen molar-refractivity contribution in [3.8, 4) is 0 Å². The maximum Gasteiger partial charge on any atom is 0.0625 e. The van der Waals surface area contributed by atoms with E-state index in [1.54, 1.807) is 0 Å². The van der Waals surface area contributed by atoms with E-state index in [4.69, 9.17) is 4.74 Å². The van der Waals surface area contributed by atoms with Gasteiger partial charge in [0.1, 0.15) is 0 Å². The lowest BCUT2D eigenvalue weighted by molar-refractivity contribution is 0.0449. The fraction of sp³-hybridized carbons (Fsp3) is 1.00. The van der Waals surface area contributed by atoms with Crippen LogP contribution < -0.4 is 5.32 Å². The molecular weight excluding hydrogens is 210 g/mol. The summed E-state index contributed by atoms with van der Waals surface area (Å²) in [4.78, 5) is 0. The summed E-state index contributed by atoms with van der Waals surface area (Å²) in [6, 6.07) is 0.570. The standard InChI is InChI=1S/C15H31NO/c1-4-16-15(12-17-13(2)3)14-10-8-6-5-7-9-11-14/h13-16H,4-12H2,1-3H3. The van der Waals surface area contributed by atoms with E-state index in [2.05, 4.69) is 26.1 Å². The van der Waals surface area contributed by atoms with Crippen LogP contribution in [0.5, 0.6) is 0 Å². The summed E-state index contributed by atoms with van der Waals surface area (Å²) in [5.41, 5.74) is 0. The van der Waals surface area contributed by atoms with Gasteiger partial charge >= 0.3 is 0 Å². The van der Waals surface area contributed by atoms with E-state index in [9.17, 15) is 0 Å². The third kappa shape index (κ3) is 6.42. The molecule has 0 aromatic rings. The minimum absolute atomic E-state index is 0.352. The Hall–Kier alpha value is -0.0800. The minimum Gasteiger partial charge on any atom is -0.377 e. The van der Waals surface area contributed by atoms with Crippen LogP contribution in [0, 0.1) is 5.92 Å². The van der Waals surface area contributed by atoms with Crippen molar-refractivity contribution < 1.29 is 4.74 Å². The molecule has 1 rings (SSSR count). The fourth-order valence-corrected chi connectivity index (χ4v) is 2.81. The van der Waals surface area contributed by atoms with Gasteiger partial charge in [-0.25, -0.2) is 0 Å². The molecule has 0 aromatic carbocycles. The van der Waals surface area contributed by atoms with Crippen molar-refractivity contribution in [1.82, 2.24) is 5.32 Å². The van der Waals surface area contributed by atoms with Crippen LogP contribution >= 0.6 is 0 Å². The van der Waals surface area contributed by atoms with Crippen LogP contribution in [-0.4, -0.2) is 25.3 Å². The maximum absolute atomic E-state index is 5.82. The third-order valence-corrected chi connectivity index (χ3v) is 3.79. The molecule has 0 saturated heterocycles. The Labute approximate surface area is 108 Å². The molecule has 0 amide bonds. The third-order valence-electron chi connectivity index (χ3n) is 3.79. The highest BCUT2D eigenvalue weighted by molar-refractivity contribution is 4.77. The summed E-state index contributed by atoms with van der Waals surface area (Å²) in [6.45, 7) is 8.40. The largest absolute Gasteiger partial charge is 0.377 e. The second-order valence-corrected chi connectivity index (χ2v) is 5.65. The predicted octanol–water partition coefficient (Wildman–Crippen LogP) is 3.75. The normalized spacial score (nSPS) is 21.2. The van der Waals surface area contributed by atoms with Gasteiger partial charge in [0, 0.05) is 6.04 Å². The molecule has 1 N–H and O–H groups in total. The summed E-state index contributed by atoms with van der Waals surface area (Å²) < 4.78 is 5.82. The number of hydrogen-bond donors (Lipinski definition) is 1. The summed E-state index contributed by atoms with van der Waals surface area (Å²) in [5.74, 6) is 0.828. The minimum atomic E-state index is 0.352. The first-order valence-electron chi connectivity index (χ1n) is 7.59. The molecule has 0 spiro atoms. The van der Waals surface area contributed by atoms with Crippen molar-refractivity contribution >= 4 is 0 Å². The quantitative estimate of drug-likeness (QED) is 0.764. The lowest BCUT2D eigenvalue weighted by Crippen LogP contribution is -2.41. The number of rotatable bonds is 6. The van der Waals surface area contributed by atoms with Crippen LogP contribution in [0.1, 0.15) is 65.7 Å². The zero-order valence-electron chi connectivity index (χ0n) is 12.0. The molecule has 1 saturated carbocycles. The molecule has 0 aromatic heterocycles. The molecule has 17 heavy (non-hydrogen) atoms. The van der Waals surface area contributed by atoms with Crippen LogP contribution in [0.2, 0.25) is 0 Å². The Kier molecular flexibility index (Phi) is 7.87. The summed E-state index contributed by atoms with van der Waals surface area (Å²) in [5, 5.41) is 3.63. The highest BCUT2D eigenvalue weighted by Crippen LogP contribution is 2.25. The topological polar surface area (TPSA) is 21.3 Å². The molecule has 0 aliphatic heterocycles. The summed E-state index contributed by atoms with van der Waals surface area (Å²) >= 11 is 0. The van der Waals surface area contributed by atoms with Crippen molar-refractivity contribution in [3.05, 3.63) is 0 Å². The first kappa shape index (κ1) is 15.0. The Morgan fingerprint density at radius 1 is 1.06 bits per heavy atom. The van der Waals surface area contributed by atoms with E-state index in [0.717, 1.165) is 19.1 Å². The van der Waals surface area contributed by atoms with Crippen LogP contribution in [0.25, 0.3) is 0 Å². The molecule has 1 aliphatic carbocycles. The van der Waals surface area contributed by atoms with Gasteiger partial charge in [-0.2, -0.15) is 0 Å². The average molecular weight is 241 g/mol. The van der Waals surface area contributed by atoms with Gasteiger partial charge in [0.2, 0.25) is 0 Å². The molecule has 2 heteroatoms. The molecule has 1 atom stereocenters. The Morgan fingerprint density at radius 2 is 1.65 bits per heavy atom. The fourth-order valence-electron chi connectivity index (χ4n) is 2.81. The lowest BCUT2D eigenvalue weighted by atomic mass is 9.86. The number of likely N-dealkylation sites (N-methyl/N-ethyl adjacent to an activating group) is 1. The Balaban J connectivity index is 2.41. The van der Waals surface area contributed by atoms with E-state index < -0.39 is 0 Å². The van der Waals surface area contributed by atoms with Gasteiger partial charge in [0.25, 0.3) is 0 Å². The average Bonchev–Trinajstić information content (AvgIpc) is 2.24. The van der Waals surface area contributed by atoms with Crippen LogP contribution in [0.15, 0.2) is 0 Å². The maximum atomic E-state index is 5.82. The molecular formula is C15H31NO. The highest BCUT2D eigenvalue weighted by atomic mass is 16.5. The van der Waals surface area contributed by atoms with Crippen LogP contribution in [0.3, 0.4) is 0 Å². The second-order valence-electron chi connectivity index (χ2n) is 5.65. The van der Waals surface area contributed by atoms with Crippen molar-refractivity contribution in [2.75, 3.05) is 13.2 Å². The van der Waals surface area contributed by atoms with Crippen molar-refractivity contribution in [2.45, 2.75) is 77.9 Å². The van der Waals surface area contributed by atoms with Gasteiger partial charge in [-0.15, -0.1) is 0 Å². The highest BCUT2D eigenvalue weighted by Gasteiger charge is 2.21. The number of hydrogen-bond acceptors (Lipinski definition) is 2. The molecule has 0 bridgehead atoms. The van der Waals surface area contributed by atoms with Gasteiger partial charge in [-0.05, 0) is 39.2 Å².